The molecule has 0 amide bonds. The van der Waals surface area contributed by atoms with E-state index in [1.807, 2.05) is 22.7 Å². The molecule has 0 saturated carbocycles. The summed E-state index contributed by atoms with van der Waals surface area (Å²) in [6.45, 7) is 0. The Bertz CT molecular complexity index is 3510. The quantitative estimate of drug-likeness (QED) is 0.167. The summed E-state index contributed by atoms with van der Waals surface area (Å²) in [7, 11) is 0. The van der Waals surface area contributed by atoms with Crippen molar-refractivity contribution in [3.63, 3.8) is 0 Å². The lowest BCUT2D eigenvalue weighted by Crippen LogP contribution is -2.11. The van der Waals surface area contributed by atoms with Crippen LogP contribution >= 0.6 is 22.7 Å². The Morgan fingerprint density at radius 1 is 0.362 bits per heavy atom. The second-order valence-electron chi connectivity index (χ2n) is 14.8. The van der Waals surface area contributed by atoms with Crippen molar-refractivity contribution in [3.8, 4) is 33.4 Å². The molecule has 4 heteroatoms. The molecule has 0 aliphatic heterocycles. The van der Waals surface area contributed by atoms with E-state index < -0.39 is 0 Å². The smallest absolute Gasteiger partial charge is 0.143 e. The molecule has 0 N–H and O–H groups in total. The van der Waals surface area contributed by atoms with Gasteiger partial charge in [-0.05, 0) is 82.4 Å². The summed E-state index contributed by atoms with van der Waals surface area (Å²) in [6.07, 6.45) is 0. The third-order valence-electron chi connectivity index (χ3n) is 11.5. The molecule has 3 heterocycles. The van der Waals surface area contributed by atoms with Crippen LogP contribution in [0.1, 0.15) is 0 Å². The lowest BCUT2D eigenvalue weighted by atomic mass is 9.94. The minimum Gasteiger partial charge on any atom is -0.455 e. The van der Waals surface area contributed by atoms with Crippen molar-refractivity contribution in [2.24, 2.45) is 0 Å². The summed E-state index contributed by atoms with van der Waals surface area (Å²) < 4.78 is 12.0. The van der Waals surface area contributed by atoms with Crippen LogP contribution in [0.25, 0.3) is 95.7 Å². The Morgan fingerprint density at radius 2 is 0.914 bits per heavy atom. The van der Waals surface area contributed by atoms with E-state index >= 15 is 0 Å². The second kappa shape index (κ2) is 13.3. The first-order valence-corrected chi connectivity index (χ1v) is 21.2. The summed E-state index contributed by atoms with van der Waals surface area (Å²) >= 11 is 3.73. The van der Waals surface area contributed by atoms with E-state index in [1.165, 1.54) is 51.5 Å². The maximum absolute atomic E-state index is 6.93. The van der Waals surface area contributed by atoms with Gasteiger partial charge >= 0.3 is 0 Å². The molecule has 272 valence electrons. The highest BCUT2D eigenvalue weighted by Gasteiger charge is 2.25. The molecule has 3 aromatic heterocycles. The molecular weight excluding hydrogens is 743 g/mol. The van der Waals surface area contributed by atoms with Crippen LogP contribution in [0, 0.1) is 0 Å². The number of hydrogen-bond acceptors (Lipinski definition) is 4. The van der Waals surface area contributed by atoms with Gasteiger partial charge in [-0.15, -0.1) is 22.7 Å². The van der Waals surface area contributed by atoms with E-state index in [9.17, 15) is 0 Å². The Kier molecular flexibility index (Phi) is 7.62. The third kappa shape index (κ3) is 5.16. The van der Waals surface area contributed by atoms with Crippen LogP contribution < -0.4 is 4.90 Å². The Balaban J connectivity index is 1.20. The topological polar surface area (TPSA) is 16.4 Å². The fraction of sp³-hybridized carbons (Fsp3) is 0. The SMILES string of the molecule is c1ccc(-c2ccc(-c3ccccc3)c3c2oc2ccc(N(c4cccc5sc6ccccc6c45)c4ccc(-c5ccccc5)c5sc6ccccc6c45)cc23)cc1. The molecule has 12 aromatic rings. The van der Waals surface area contributed by atoms with Gasteiger partial charge in [-0.25, -0.2) is 0 Å². The van der Waals surface area contributed by atoms with Crippen molar-refractivity contribution in [2.45, 2.75) is 0 Å². The second-order valence-corrected chi connectivity index (χ2v) is 16.9. The van der Waals surface area contributed by atoms with E-state index in [0.717, 1.165) is 61.3 Å². The van der Waals surface area contributed by atoms with Crippen molar-refractivity contribution in [2.75, 3.05) is 4.90 Å². The molecule has 0 aliphatic rings. The van der Waals surface area contributed by atoms with Crippen molar-refractivity contribution in [3.05, 3.63) is 200 Å². The first kappa shape index (κ1) is 33.2. The van der Waals surface area contributed by atoms with Gasteiger partial charge in [0, 0.05) is 62.4 Å². The van der Waals surface area contributed by atoms with Gasteiger partial charge in [0.1, 0.15) is 11.2 Å². The lowest BCUT2D eigenvalue weighted by molar-refractivity contribution is 0.670. The van der Waals surface area contributed by atoms with Crippen LogP contribution in [-0.2, 0) is 0 Å². The molecule has 0 spiro atoms. The van der Waals surface area contributed by atoms with E-state index in [4.69, 9.17) is 4.42 Å². The summed E-state index contributed by atoms with van der Waals surface area (Å²) in [6, 6.07) is 72.5. The van der Waals surface area contributed by atoms with Crippen molar-refractivity contribution in [1.82, 2.24) is 0 Å². The molecule has 0 unspecified atom stereocenters. The normalized spacial score (nSPS) is 11.8. The zero-order chi connectivity index (χ0) is 38.2. The standard InChI is InChI=1S/C54H33NOS2/c1-4-15-34(16-5-1)38-28-29-39(35-17-6-2-7-18-35)53-50(38)43-33-37(27-32-46(43)56-53)55(44-23-14-26-49-51(44)41-21-10-12-24-47(41)57-49)45-31-30-40(36-19-8-3-9-20-36)54-52(45)42-22-11-13-25-48(42)58-54/h1-33H. The maximum atomic E-state index is 6.93. The van der Waals surface area contributed by atoms with Gasteiger partial charge < -0.3 is 9.32 Å². The number of furan rings is 1. The van der Waals surface area contributed by atoms with Gasteiger partial charge in [-0.1, -0.05) is 146 Å². The Labute approximate surface area is 343 Å². The Hall–Kier alpha value is -6.98. The summed E-state index contributed by atoms with van der Waals surface area (Å²) in [5.74, 6) is 0. The van der Waals surface area contributed by atoms with Gasteiger partial charge in [-0.2, -0.15) is 0 Å². The fourth-order valence-corrected chi connectivity index (χ4v) is 11.3. The number of rotatable bonds is 6. The van der Waals surface area contributed by atoms with Gasteiger partial charge in [0.2, 0.25) is 0 Å². The number of anilines is 3. The van der Waals surface area contributed by atoms with E-state index in [2.05, 4.69) is 205 Å². The molecule has 12 rings (SSSR count). The van der Waals surface area contributed by atoms with E-state index in [0.29, 0.717) is 0 Å². The number of fused-ring (bicyclic) bond motifs is 9. The minimum absolute atomic E-state index is 0.865. The van der Waals surface area contributed by atoms with Crippen LogP contribution in [0.4, 0.5) is 17.1 Å². The minimum atomic E-state index is 0.865. The first-order chi connectivity index (χ1) is 28.8. The lowest BCUT2D eigenvalue weighted by Gasteiger charge is -2.28. The first-order valence-electron chi connectivity index (χ1n) is 19.6. The van der Waals surface area contributed by atoms with Gasteiger partial charge in [0.05, 0.1) is 11.4 Å². The van der Waals surface area contributed by atoms with E-state index in [-0.39, 0.29) is 0 Å². The maximum Gasteiger partial charge on any atom is 0.143 e. The third-order valence-corrected chi connectivity index (χ3v) is 13.8. The average Bonchev–Trinajstić information content (AvgIpc) is 3.99. The average molecular weight is 776 g/mol. The van der Waals surface area contributed by atoms with Crippen LogP contribution in [0.2, 0.25) is 0 Å². The highest BCUT2D eigenvalue weighted by Crippen LogP contribution is 2.52. The van der Waals surface area contributed by atoms with Crippen molar-refractivity contribution < 1.29 is 4.42 Å². The number of nitrogens with zero attached hydrogens (tertiary/aromatic N) is 1. The van der Waals surface area contributed by atoms with Gasteiger partial charge in [0.25, 0.3) is 0 Å². The molecule has 0 bridgehead atoms. The highest BCUT2D eigenvalue weighted by molar-refractivity contribution is 7.26. The zero-order valence-electron chi connectivity index (χ0n) is 31.2. The van der Waals surface area contributed by atoms with Gasteiger partial charge in [-0.3, -0.25) is 0 Å². The van der Waals surface area contributed by atoms with Crippen LogP contribution in [-0.4, -0.2) is 0 Å². The van der Waals surface area contributed by atoms with Crippen LogP contribution in [0.3, 0.4) is 0 Å². The highest BCUT2D eigenvalue weighted by atomic mass is 32.1. The molecule has 0 fully saturated rings. The fourth-order valence-electron chi connectivity index (χ4n) is 8.90. The molecule has 0 aliphatic carbocycles. The van der Waals surface area contributed by atoms with Crippen LogP contribution in [0.5, 0.6) is 0 Å². The Morgan fingerprint density at radius 3 is 1.64 bits per heavy atom. The summed E-state index contributed by atoms with van der Waals surface area (Å²) in [4.78, 5) is 2.51. The summed E-state index contributed by atoms with van der Waals surface area (Å²) in [5, 5.41) is 7.25. The van der Waals surface area contributed by atoms with E-state index in [1.54, 1.807) is 0 Å². The zero-order valence-corrected chi connectivity index (χ0v) is 32.9. The molecule has 0 saturated heterocycles. The predicted molar refractivity (Wildman–Crippen MR) is 250 cm³/mol. The molecule has 9 aromatic carbocycles. The van der Waals surface area contributed by atoms with Crippen molar-refractivity contribution in [1.29, 1.82) is 0 Å². The van der Waals surface area contributed by atoms with Crippen molar-refractivity contribution >= 4 is 102 Å². The predicted octanol–water partition coefficient (Wildman–Crippen LogP) is 16.8. The number of benzene rings is 9. The summed E-state index contributed by atoms with van der Waals surface area (Å²) in [5.41, 5.74) is 12.1. The number of thiophene rings is 2. The molecule has 58 heavy (non-hydrogen) atoms. The molecule has 0 radical (unpaired) electrons. The monoisotopic (exact) mass is 775 g/mol. The largest absolute Gasteiger partial charge is 0.455 e. The van der Waals surface area contributed by atoms with Gasteiger partial charge in [0.15, 0.2) is 0 Å². The van der Waals surface area contributed by atoms with Crippen LogP contribution in [0.15, 0.2) is 205 Å². The molecule has 0 atom stereocenters. The molecular formula is C54H33NOS2. The molecule has 2 nitrogen and oxygen atoms in total. The number of hydrogen-bond donors (Lipinski definition) is 0.